The molecule has 1 N–H and O–H groups in total. The number of esters is 1. The molecular weight excluding hydrogens is 424 g/mol. The molecule has 3 rings (SSSR count). The van der Waals surface area contributed by atoms with E-state index in [9.17, 15) is 15.2 Å². The average molecular weight is 445 g/mol. The van der Waals surface area contributed by atoms with Gasteiger partial charge in [-0.15, -0.1) is 0 Å². The van der Waals surface area contributed by atoms with Crippen LogP contribution in [0.5, 0.6) is 0 Å². The summed E-state index contributed by atoms with van der Waals surface area (Å²) in [5, 5.41) is 20.6. The Kier molecular flexibility index (Phi) is 7.80. The van der Waals surface area contributed by atoms with Gasteiger partial charge in [-0.1, -0.05) is 78.3 Å². The van der Waals surface area contributed by atoms with Crippen molar-refractivity contribution in [2.45, 2.75) is 12.8 Å². The monoisotopic (exact) mass is 444 g/mol. The minimum absolute atomic E-state index is 0.0718. The molecule has 0 amide bonds. The predicted octanol–water partition coefficient (Wildman–Crippen LogP) is 6.23. The van der Waals surface area contributed by atoms with E-state index in [0.717, 1.165) is 5.56 Å². The van der Waals surface area contributed by atoms with Crippen LogP contribution in [0.25, 0.3) is 5.76 Å². The van der Waals surface area contributed by atoms with E-state index in [1.54, 1.807) is 49.4 Å². The minimum Gasteiger partial charge on any atom is -0.506 e. The number of hydrogen-bond donors (Lipinski definition) is 1. The van der Waals surface area contributed by atoms with Gasteiger partial charge in [-0.25, -0.2) is 4.79 Å². The van der Waals surface area contributed by atoms with Gasteiger partial charge in [0.15, 0.2) is 0 Å². The van der Waals surface area contributed by atoms with Crippen LogP contribution < -0.4 is 0 Å². The third-order valence-electron chi connectivity index (χ3n) is 4.70. The number of nitrogens with zero attached hydrogens (tertiary/aromatic N) is 2. The molecule has 0 saturated carbocycles. The van der Waals surface area contributed by atoms with E-state index in [-0.39, 0.29) is 17.9 Å². The van der Waals surface area contributed by atoms with E-state index in [0.29, 0.717) is 21.8 Å². The molecule has 32 heavy (non-hydrogen) atoms. The van der Waals surface area contributed by atoms with Crippen LogP contribution in [0.15, 0.2) is 89.4 Å². The summed E-state index contributed by atoms with van der Waals surface area (Å²) in [4.78, 5) is 16.7. The van der Waals surface area contributed by atoms with Crippen LogP contribution in [0, 0.1) is 11.3 Å². The number of aliphatic imine (C=N–C) groups is 1. The fraction of sp³-hybridized carbons (Fsp3) is 0.115. The summed E-state index contributed by atoms with van der Waals surface area (Å²) in [6.45, 7) is 1.84. The van der Waals surface area contributed by atoms with Crippen LogP contribution >= 0.6 is 11.6 Å². The maximum absolute atomic E-state index is 12.4. The first-order chi connectivity index (χ1) is 15.5. The van der Waals surface area contributed by atoms with Crippen molar-refractivity contribution in [3.8, 4) is 6.07 Å². The molecule has 1 atom stereocenters. The Morgan fingerprint density at radius 1 is 1.12 bits per heavy atom. The van der Waals surface area contributed by atoms with Gasteiger partial charge in [0.1, 0.15) is 11.3 Å². The molecule has 1 unspecified atom stereocenters. The SMILES string of the molecule is CCOC(=O)/C(C=Nc1ccc(C(C#N)c2ccccc2)c(Cl)c1)=C(/O)c1ccccc1. The first-order valence-electron chi connectivity index (χ1n) is 9.99. The maximum atomic E-state index is 12.4. The second-order valence-electron chi connectivity index (χ2n) is 6.79. The van der Waals surface area contributed by atoms with Crippen LogP contribution in [0.4, 0.5) is 5.69 Å². The van der Waals surface area contributed by atoms with Crippen molar-refractivity contribution in [3.63, 3.8) is 0 Å². The number of hydrogen-bond acceptors (Lipinski definition) is 5. The number of benzene rings is 3. The second-order valence-corrected chi connectivity index (χ2v) is 7.19. The van der Waals surface area contributed by atoms with Crippen LogP contribution in [0.3, 0.4) is 0 Å². The van der Waals surface area contributed by atoms with E-state index in [2.05, 4.69) is 11.1 Å². The Bertz CT molecular complexity index is 1180. The van der Waals surface area contributed by atoms with E-state index in [1.165, 1.54) is 6.21 Å². The van der Waals surface area contributed by atoms with E-state index >= 15 is 0 Å². The molecule has 0 spiro atoms. The van der Waals surface area contributed by atoms with E-state index in [4.69, 9.17) is 16.3 Å². The molecule has 0 saturated heterocycles. The molecule has 0 heterocycles. The lowest BCUT2D eigenvalue weighted by atomic mass is 9.92. The normalized spacial score (nSPS) is 12.7. The topological polar surface area (TPSA) is 82.7 Å². The van der Waals surface area contributed by atoms with Crippen LogP contribution in [-0.2, 0) is 9.53 Å². The van der Waals surface area contributed by atoms with Gasteiger partial charge in [0.25, 0.3) is 0 Å². The molecule has 0 fully saturated rings. The summed E-state index contributed by atoms with van der Waals surface area (Å²) in [6.07, 6.45) is 1.25. The smallest absolute Gasteiger partial charge is 0.343 e. The largest absolute Gasteiger partial charge is 0.506 e. The van der Waals surface area contributed by atoms with Crippen molar-refractivity contribution in [2.75, 3.05) is 6.61 Å². The summed E-state index contributed by atoms with van der Waals surface area (Å²) in [7, 11) is 0. The summed E-state index contributed by atoms with van der Waals surface area (Å²) in [5.41, 5.74) is 2.36. The Hall–Kier alpha value is -3.88. The highest BCUT2D eigenvalue weighted by Gasteiger charge is 2.18. The van der Waals surface area contributed by atoms with Crippen molar-refractivity contribution in [2.24, 2.45) is 4.99 Å². The Morgan fingerprint density at radius 3 is 2.38 bits per heavy atom. The molecule has 0 bridgehead atoms. The fourth-order valence-electron chi connectivity index (χ4n) is 3.11. The van der Waals surface area contributed by atoms with Gasteiger partial charge in [0.2, 0.25) is 0 Å². The Labute approximate surface area is 191 Å². The number of halogens is 1. The first kappa shape index (κ1) is 22.8. The van der Waals surface area contributed by atoms with Crippen LogP contribution in [0.1, 0.15) is 29.5 Å². The highest BCUT2D eigenvalue weighted by Crippen LogP contribution is 2.32. The lowest BCUT2D eigenvalue weighted by Crippen LogP contribution is -2.11. The minimum atomic E-state index is -0.686. The Morgan fingerprint density at radius 2 is 1.78 bits per heavy atom. The maximum Gasteiger partial charge on any atom is 0.343 e. The highest BCUT2D eigenvalue weighted by atomic mass is 35.5. The average Bonchev–Trinajstić information content (AvgIpc) is 2.82. The van der Waals surface area contributed by atoms with E-state index in [1.807, 2.05) is 36.4 Å². The lowest BCUT2D eigenvalue weighted by Gasteiger charge is -2.12. The van der Waals surface area contributed by atoms with Crippen LogP contribution in [0.2, 0.25) is 5.02 Å². The molecule has 3 aromatic carbocycles. The van der Waals surface area contributed by atoms with Crippen LogP contribution in [-0.4, -0.2) is 23.9 Å². The van der Waals surface area contributed by atoms with Crippen molar-refractivity contribution in [1.82, 2.24) is 0 Å². The molecule has 0 aliphatic heterocycles. The number of nitriles is 1. The van der Waals surface area contributed by atoms with E-state index < -0.39 is 11.9 Å². The third-order valence-corrected chi connectivity index (χ3v) is 5.02. The zero-order chi connectivity index (χ0) is 22.9. The van der Waals surface area contributed by atoms with Gasteiger partial charge < -0.3 is 9.84 Å². The van der Waals surface area contributed by atoms with Gasteiger partial charge in [-0.05, 0) is 30.2 Å². The summed E-state index contributed by atoms with van der Waals surface area (Å²) < 4.78 is 5.06. The number of rotatable bonds is 7. The van der Waals surface area contributed by atoms with Gasteiger partial charge in [0.05, 0.1) is 24.3 Å². The molecule has 3 aromatic rings. The number of ether oxygens (including phenoxy) is 1. The molecule has 160 valence electrons. The number of carbonyl (C=O) groups is 1. The summed E-state index contributed by atoms with van der Waals surface area (Å²) in [5.74, 6) is -1.43. The van der Waals surface area contributed by atoms with Gasteiger partial charge >= 0.3 is 5.97 Å². The quantitative estimate of drug-likeness (QED) is 0.202. The number of aliphatic hydroxyl groups is 1. The van der Waals surface area contributed by atoms with Gasteiger partial charge in [-0.2, -0.15) is 5.26 Å². The second kappa shape index (κ2) is 10.9. The molecule has 0 aliphatic carbocycles. The Balaban J connectivity index is 1.94. The van der Waals surface area contributed by atoms with Crippen molar-refractivity contribution >= 4 is 35.2 Å². The molecular formula is C26H21ClN2O3. The predicted molar refractivity (Wildman–Crippen MR) is 126 cm³/mol. The first-order valence-corrected chi connectivity index (χ1v) is 10.4. The zero-order valence-electron chi connectivity index (χ0n) is 17.4. The molecule has 0 aliphatic rings. The van der Waals surface area contributed by atoms with Gasteiger partial charge in [0, 0.05) is 16.8 Å². The summed E-state index contributed by atoms with van der Waals surface area (Å²) in [6, 6.07) is 25.4. The molecule has 0 radical (unpaired) electrons. The van der Waals surface area contributed by atoms with Gasteiger partial charge in [-0.3, -0.25) is 4.99 Å². The highest BCUT2D eigenvalue weighted by molar-refractivity contribution is 6.31. The zero-order valence-corrected chi connectivity index (χ0v) is 18.2. The lowest BCUT2D eigenvalue weighted by molar-refractivity contribution is -0.137. The molecule has 6 heteroatoms. The number of aliphatic hydroxyl groups excluding tert-OH is 1. The molecule has 0 aromatic heterocycles. The van der Waals surface area contributed by atoms with Crippen molar-refractivity contribution in [3.05, 3.63) is 106 Å². The van der Waals surface area contributed by atoms with Crippen molar-refractivity contribution < 1.29 is 14.6 Å². The molecule has 5 nitrogen and oxygen atoms in total. The van der Waals surface area contributed by atoms with Crippen molar-refractivity contribution in [1.29, 1.82) is 5.26 Å². The fourth-order valence-corrected chi connectivity index (χ4v) is 3.39. The number of carbonyl (C=O) groups excluding carboxylic acids is 1. The third kappa shape index (κ3) is 5.42. The summed E-state index contributed by atoms with van der Waals surface area (Å²) >= 11 is 6.46. The standard InChI is InChI=1S/C26H21ClN2O3/c1-2-32-26(31)23(25(30)19-11-7-4-8-12-19)17-29-20-13-14-21(24(27)15-20)22(16-28)18-9-5-3-6-10-18/h3-15,17,22,30H,2H2,1H3/b25-23+,29-17?.